The van der Waals surface area contributed by atoms with Gasteiger partial charge in [-0.25, -0.2) is 0 Å². The molecule has 0 saturated carbocycles. The fourth-order valence-corrected chi connectivity index (χ4v) is 2.33. The normalized spacial score (nSPS) is 11.7. The highest BCUT2D eigenvalue weighted by atomic mass is 32.2. The zero-order valence-corrected chi connectivity index (χ0v) is 12.3. The maximum atomic E-state index is 11.8. The molecule has 0 aromatic heterocycles. The first kappa shape index (κ1) is 15.6. The summed E-state index contributed by atoms with van der Waals surface area (Å²) in [6.45, 7) is 6.28. The molecule has 1 unspecified atom stereocenters. The Hall–Kier alpha value is -1.49. The van der Waals surface area contributed by atoms with Gasteiger partial charge in [0.05, 0.1) is 5.25 Å². The van der Waals surface area contributed by atoms with Crippen LogP contribution in [-0.2, 0) is 9.59 Å². The Morgan fingerprint density at radius 1 is 1.16 bits per heavy atom. The number of rotatable bonds is 6. The number of hydrogen-bond donors (Lipinski definition) is 2. The van der Waals surface area contributed by atoms with Gasteiger partial charge in [0, 0.05) is 24.9 Å². The monoisotopic (exact) mass is 280 g/mol. The van der Waals surface area contributed by atoms with E-state index < -0.39 is 0 Å². The molecule has 0 saturated heterocycles. The Morgan fingerprint density at radius 2 is 1.74 bits per heavy atom. The van der Waals surface area contributed by atoms with Gasteiger partial charge in [0.1, 0.15) is 0 Å². The third-order valence-corrected chi connectivity index (χ3v) is 3.61. The van der Waals surface area contributed by atoms with Crippen molar-refractivity contribution >= 4 is 23.6 Å². The maximum Gasteiger partial charge on any atom is 0.233 e. The lowest BCUT2D eigenvalue weighted by atomic mass is 10.2. The van der Waals surface area contributed by atoms with Gasteiger partial charge in [0.2, 0.25) is 11.8 Å². The predicted molar refractivity (Wildman–Crippen MR) is 78.2 cm³/mol. The van der Waals surface area contributed by atoms with Crippen molar-refractivity contribution in [3.8, 4) is 0 Å². The topological polar surface area (TPSA) is 58.2 Å². The van der Waals surface area contributed by atoms with Crippen LogP contribution in [0.5, 0.6) is 0 Å². The third kappa shape index (κ3) is 6.29. The Labute approximate surface area is 118 Å². The largest absolute Gasteiger partial charge is 0.355 e. The zero-order chi connectivity index (χ0) is 14.3. The van der Waals surface area contributed by atoms with E-state index in [1.165, 1.54) is 24.2 Å². The summed E-state index contributed by atoms with van der Waals surface area (Å²) < 4.78 is 0. The van der Waals surface area contributed by atoms with Gasteiger partial charge in [-0.15, -0.1) is 11.8 Å². The van der Waals surface area contributed by atoms with E-state index in [1.54, 1.807) is 0 Å². The molecule has 104 valence electrons. The first-order chi connectivity index (χ1) is 8.99. The molecule has 1 aromatic carbocycles. The number of nitrogens with one attached hydrogen (secondary N) is 2. The predicted octanol–water partition coefficient (Wildman–Crippen LogP) is 1.73. The Kier molecular flexibility index (Phi) is 6.42. The molecule has 1 atom stereocenters. The summed E-state index contributed by atoms with van der Waals surface area (Å²) in [6, 6.07) is 8.09. The molecule has 0 aliphatic carbocycles. The van der Waals surface area contributed by atoms with Gasteiger partial charge in [-0.3, -0.25) is 9.59 Å². The number of hydrogen-bond acceptors (Lipinski definition) is 3. The van der Waals surface area contributed by atoms with Crippen LogP contribution in [0.4, 0.5) is 0 Å². The van der Waals surface area contributed by atoms with E-state index >= 15 is 0 Å². The fraction of sp³-hybridized carbons (Fsp3) is 0.429. The number of benzene rings is 1. The molecular weight excluding hydrogens is 260 g/mol. The quantitative estimate of drug-likeness (QED) is 0.616. The van der Waals surface area contributed by atoms with Gasteiger partial charge in [0.25, 0.3) is 0 Å². The second-order valence-corrected chi connectivity index (χ2v) is 5.76. The van der Waals surface area contributed by atoms with Crippen LogP contribution in [-0.4, -0.2) is 30.2 Å². The lowest BCUT2D eigenvalue weighted by Gasteiger charge is -2.12. The summed E-state index contributed by atoms with van der Waals surface area (Å²) in [6.07, 6.45) is 0. The molecule has 0 aliphatic rings. The SMILES string of the molecule is CC(=O)NCCNC(=O)C(C)Sc1ccc(C)cc1. The first-order valence-electron chi connectivity index (χ1n) is 6.24. The van der Waals surface area contributed by atoms with E-state index in [-0.39, 0.29) is 17.1 Å². The van der Waals surface area contributed by atoms with Gasteiger partial charge >= 0.3 is 0 Å². The standard InChI is InChI=1S/C14H20N2O2S/c1-10-4-6-13(7-5-10)19-11(2)14(18)16-9-8-15-12(3)17/h4-7,11H,8-9H2,1-3H3,(H,15,17)(H,16,18). The molecule has 1 rings (SSSR count). The van der Waals surface area contributed by atoms with Crippen LogP contribution < -0.4 is 10.6 Å². The van der Waals surface area contributed by atoms with Gasteiger partial charge in [-0.2, -0.15) is 0 Å². The van der Waals surface area contributed by atoms with Crippen LogP contribution >= 0.6 is 11.8 Å². The molecule has 0 radical (unpaired) electrons. The Bertz CT molecular complexity index is 432. The van der Waals surface area contributed by atoms with E-state index in [1.807, 2.05) is 38.1 Å². The first-order valence-corrected chi connectivity index (χ1v) is 7.12. The zero-order valence-electron chi connectivity index (χ0n) is 11.5. The Balaban J connectivity index is 2.32. The lowest BCUT2D eigenvalue weighted by Crippen LogP contribution is -2.37. The number of carbonyl (C=O) groups excluding carboxylic acids is 2. The third-order valence-electron chi connectivity index (χ3n) is 2.50. The van der Waals surface area contributed by atoms with Crippen molar-refractivity contribution in [3.63, 3.8) is 0 Å². The van der Waals surface area contributed by atoms with Crippen molar-refractivity contribution in [3.05, 3.63) is 29.8 Å². The molecule has 0 fully saturated rings. The molecule has 1 aromatic rings. The highest BCUT2D eigenvalue weighted by molar-refractivity contribution is 8.00. The minimum Gasteiger partial charge on any atom is -0.355 e. The van der Waals surface area contributed by atoms with Gasteiger partial charge in [-0.1, -0.05) is 17.7 Å². The van der Waals surface area contributed by atoms with Crippen molar-refractivity contribution in [2.75, 3.05) is 13.1 Å². The average Bonchev–Trinajstić information content (AvgIpc) is 2.36. The number of thioether (sulfide) groups is 1. The van der Waals surface area contributed by atoms with Crippen LogP contribution in [0, 0.1) is 6.92 Å². The van der Waals surface area contributed by atoms with Crippen molar-refractivity contribution in [1.82, 2.24) is 10.6 Å². The summed E-state index contributed by atoms with van der Waals surface area (Å²) in [5, 5.41) is 5.28. The second-order valence-electron chi connectivity index (χ2n) is 4.35. The van der Waals surface area contributed by atoms with Crippen molar-refractivity contribution < 1.29 is 9.59 Å². The van der Waals surface area contributed by atoms with Crippen LogP contribution in [0.25, 0.3) is 0 Å². The van der Waals surface area contributed by atoms with Crippen LogP contribution in [0.3, 0.4) is 0 Å². The van der Waals surface area contributed by atoms with Crippen molar-refractivity contribution in [2.24, 2.45) is 0 Å². The minimum absolute atomic E-state index is 0.0177. The van der Waals surface area contributed by atoms with Crippen LogP contribution in [0.1, 0.15) is 19.4 Å². The number of aryl methyl sites for hydroxylation is 1. The molecule has 5 heteroatoms. The molecule has 0 aliphatic heterocycles. The fourth-order valence-electron chi connectivity index (χ4n) is 1.44. The summed E-state index contributed by atoms with van der Waals surface area (Å²) >= 11 is 1.53. The molecule has 4 nitrogen and oxygen atoms in total. The summed E-state index contributed by atoms with van der Waals surface area (Å²) in [4.78, 5) is 23.6. The smallest absolute Gasteiger partial charge is 0.233 e. The second kappa shape index (κ2) is 7.84. The Morgan fingerprint density at radius 3 is 2.32 bits per heavy atom. The lowest BCUT2D eigenvalue weighted by molar-refractivity contribution is -0.121. The van der Waals surface area contributed by atoms with Crippen molar-refractivity contribution in [2.45, 2.75) is 30.9 Å². The van der Waals surface area contributed by atoms with E-state index in [0.29, 0.717) is 13.1 Å². The number of amides is 2. The van der Waals surface area contributed by atoms with E-state index in [4.69, 9.17) is 0 Å². The summed E-state index contributed by atoms with van der Waals surface area (Å²) in [7, 11) is 0. The molecular formula is C14H20N2O2S. The van der Waals surface area contributed by atoms with Crippen molar-refractivity contribution in [1.29, 1.82) is 0 Å². The number of carbonyl (C=O) groups is 2. The van der Waals surface area contributed by atoms with Crippen LogP contribution in [0.2, 0.25) is 0 Å². The van der Waals surface area contributed by atoms with Gasteiger partial charge < -0.3 is 10.6 Å². The highest BCUT2D eigenvalue weighted by Crippen LogP contribution is 2.23. The minimum atomic E-state index is -0.153. The average molecular weight is 280 g/mol. The molecule has 0 heterocycles. The molecule has 19 heavy (non-hydrogen) atoms. The van der Waals surface area contributed by atoms with E-state index in [2.05, 4.69) is 10.6 Å². The molecule has 0 spiro atoms. The maximum absolute atomic E-state index is 11.8. The molecule has 2 N–H and O–H groups in total. The van der Waals surface area contributed by atoms with Gasteiger partial charge in [-0.05, 0) is 26.0 Å². The molecule has 2 amide bonds. The van der Waals surface area contributed by atoms with E-state index in [0.717, 1.165) is 4.90 Å². The van der Waals surface area contributed by atoms with Gasteiger partial charge in [0.15, 0.2) is 0 Å². The van der Waals surface area contributed by atoms with Crippen LogP contribution in [0.15, 0.2) is 29.2 Å². The summed E-state index contributed by atoms with van der Waals surface area (Å²) in [5.74, 6) is -0.104. The summed E-state index contributed by atoms with van der Waals surface area (Å²) in [5.41, 5.74) is 1.21. The van der Waals surface area contributed by atoms with E-state index in [9.17, 15) is 9.59 Å². The molecule has 0 bridgehead atoms. The highest BCUT2D eigenvalue weighted by Gasteiger charge is 2.13.